The minimum atomic E-state index is 0.389. The van der Waals surface area contributed by atoms with Crippen molar-refractivity contribution in [1.29, 1.82) is 0 Å². The Kier molecular flexibility index (Phi) is 2.61. The lowest BCUT2D eigenvalue weighted by molar-refractivity contribution is 0.255. The number of rotatable bonds is 3. The van der Waals surface area contributed by atoms with Gasteiger partial charge in [0.2, 0.25) is 0 Å². The summed E-state index contributed by atoms with van der Waals surface area (Å²) in [7, 11) is 0. The zero-order chi connectivity index (χ0) is 9.15. The van der Waals surface area contributed by atoms with E-state index in [0.29, 0.717) is 5.54 Å². The van der Waals surface area contributed by atoms with Gasteiger partial charge in [-0.15, -0.1) is 0 Å². The van der Waals surface area contributed by atoms with Crippen molar-refractivity contribution >= 4 is 11.9 Å². The van der Waals surface area contributed by atoms with Crippen LogP contribution < -0.4 is 4.72 Å². The third-order valence-corrected chi connectivity index (χ3v) is 3.72. The van der Waals surface area contributed by atoms with Gasteiger partial charge in [0, 0.05) is 10.4 Å². The molecule has 0 bridgehead atoms. The second-order valence-electron chi connectivity index (χ2n) is 3.93. The van der Waals surface area contributed by atoms with Crippen LogP contribution in [0.15, 0.2) is 35.2 Å². The molecule has 0 radical (unpaired) electrons. The van der Waals surface area contributed by atoms with E-state index in [9.17, 15) is 0 Å². The molecule has 1 aromatic rings. The summed E-state index contributed by atoms with van der Waals surface area (Å²) < 4.78 is 3.53. The first-order valence-electron chi connectivity index (χ1n) is 4.78. The van der Waals surface area contributed by atoms with E-state index >= 15 is 0 Å². The Morgan fingerprint density at radius 3 is 2.46 bits per heavy atom. The van der Waals surface area contributed by atoms with Gasteiger partial charge < -0.3 is 0 Å². The highest BCUT2D eigenvalue weighted by Gasteiger charge is 2.31. The van der Waals surface area contributed by atoms with Crippen molar-refractivity contribution in [3.8, 4) is 0 Å². The van der Waals surface area contributed by atoms with Crippen molar-refractivity contribution < 1.29 is 0 Å². The first-order valence-corrected chi connectivity index (χ1v) is 5.59. The molecule has 1 aromatic carbocycles. The van der Waals surface area contributed by atoms with Crippen LogP contribution in [-0.4, -0.2) is 5.54 Å². The number of hydrogen-bond donors (Lipinski definition) is 1. The monoisotopic (exact) mass is 193 g/mol. The maximum atomic E-state index is 3.53. The van der Waals surface area contributed by atoms with Crippen molar-refractivity contribution in [3.05, 3.63) is 30.3 Å². The summed E-state index contributed by atoms with van der Waals surface area (Å²) in [5.74, 6) is 0. The number of benzene rings is 1. The smallest absolute Gasteiger partial charge is 0.0258 e. The van der Waals surface area contributed by atoms with Crippen LogP contribution in [0, 0.1) is 0 Å². The minimum Gasteiger partial charge on any atom is -0.254 e. The molecule has 13 heavy (non-hydrogen) atoms. The van der Waals surface area contributed by atoms with Gasteiger partial charge in [0.05, 0.1) is 0 Å². The van der Waals surface area contributed by atoms with E-state index in [1.54, 1.807) is 11.9 Å². The minimum absolute atomic E-state index is 0.389. The van der Waals surface area contributed by atoms with E-state index in [-0.39, 0.29) is 0 Å². The predicted octanol–water partition coefficient (Wildman–Crippen LogP) is 3.23. The molecule has 0 saturated heterocycles. The highest BCUT2D eigenvalue weighted by molar-refractivity contribution is 7.97. The van der Waals surface area contributed by atoms with Crippen LogP contribution in [0.4, 0.5) is 0 Å². The summed E-state index contributed by atoms with van der Waals surface area (Å²) in [5.41, 5.74) is 0.389. The number of hydrogen-bond acceptors (Lipinski definition) is 2. The van der Waals surface area contributed by atoms with E-state index in [0.717, 1.165) is 0 Å². The van der Waals surface area contributed by atoms with Gasteiger partial charge in [0.15, 0.2) is 0 Å². The van der Waals surface area contributed by atoms with E-state index in [2.05, 4.69) is 42.0 Å². The number of nitrogens with one attached hydrogen (secondary N) is 1. The second-order valence-corrected chi connectivity index (χ2v) is 4.81. The highest BCUT2D eigenvalue weighted by atomic mass is 32.2. The summed E-state index contributed by atoms with van der Waals surface area (Å²) in [6.45, 7) is 2.30. The normalized spacial score (nSPS) is 19.5. The van der Waals surface area contributed by atoms with Crippen molar-refractivity contribution in [2.45, 2.75) is 36.6 Å². The Morgan fingerprint density at radius 1 is 1.23 bits per heavy atom. The summed E-state index contributed by atoms with van der Waals surface area (Å²) in [6.07, 6.45) is 4.00. The fourth-order valence-electron chi connectivity index (χ4n) is 1.48. The third kappa shape index (κ3) is 2.26. The quantitative estimate of drug-likeness (QED) is 0.740. The van der Waals surface area contributed by atoms with Gasteiger partial charge in [-0.3, -0.25) is 4.72 Å². The van der Waals surface area contributed by atoms with Gasteiger partial charge in [-0.25, -0.2) is 0 Å². The van der Waals surface area contributed by atoms with Gasteiger partial charge in [-0.05, 0) is 50.3 Å². The van der Waals surface area contributed by atoms with Crippen LogP contribution in [0.1, 0.15) is 26.2 Å². The largest absolute Gasteiger partial charge is 0.254 e. The van der Waals surface area contributed by atoms with Gasteiger partial charge in [0.1, 0.15) is 0 Å². The molecule has 2 heteroatoms. The van der Waals surface area contributed by atoms with Crippen molar-refractivity contribution in [1.82, 2.24) is 4.72 Å². The molecule has 0 aromatic heterocycles. The van der Waals surface area contributed by atoms with Crippen LogP contribution in [0.25, 0.3) is 0 Å². The van der Waals surface area contributed by atoms with Gasteiger partial charge in [0.25, 0.3) is 0 Å². The Labute approximate surface area is 84.1 Å². The molecule has 70 valence electrons. The fourth-order valence-corrected chi connectivity index (χ4v) is 2.34. The van der Waals surface area contributed by atoms with E-state index in [4.69, 9.17) is 0 Å². The molecule has 0 atom stereocenters. The highest BCUT2D eigenvalue weighted by Crippen LogP contribution is 2.34. The maximum absolute atomic E-state index is 3.53. The molecule has 0 amide bonds. The average Bonchev–Trinajstić information content (AvgIpc) is 2.13. The van der Waals surface area contributed by atoms with E-state index in [1.165, 1.54) is 24.2 Å². The van der Waals surface area contributed by atoms with Crippen molar-refractivity contribution in [2.75, 3.05) is 0 Å². The van der Waals surface area contributed by atoms with Crippen LogP contribution in [0.2, 0.25) is 0 Å². The molecule has 0 unspecified atom stereocenters. The van der Waals surface area contributed by atoms with E-state index < -0.39 is 0 Å². The Morgan fingerprint density at radius 2 is 1.92 bits per heavy atom. The molecule has 0 aliphatic heterocycles. The molecule has 2 rings (SSSR count). The average molecular weight is 193 g/mol. The standard InChI is InChI=1S/C11H15NS/c1-11(8-5-9-11)12-13-10-6-3-2-4-7-10/h2-4,6-7,12H,5,8-9H2,1H3. The van der Waals surface area contributed by atoms with Crippen LogP contribution in [0.3, 0.4) is 0 Å². The first-order chi connectivity index (χ1) is 6.29. The molecule has 1 N–H and O–H groups in total. The lowest BCUT2D eigenvalue weighted by Crippen LogP contribution is -2.44. The Hall–Kier alpha value is -0.470. The van der Waals surface area contributed by atoms with Gasteiger partial charge >= 0.3 is 0 Å². The topological polar surface area (TPSA) is 12.0 Å². The molecule has 1 nitrogen and oxygen atoms in total. The second kappa shape index (κ2) is 3.72. The summed E-state index contributed by atoms with van der Waals surface area (Å²) in [5, 5.41) is 0. The molecular formula is C11H15NS. The molecular weight excluding hydrogens is 178 g/mol. The Bertz CT molecular complexity index is 267. The summed E-state index contributed by atoms with van der Waals surface area (Å²) >= 11 is 1.75. The van der Waals surface area contributed by atoms with Gasteiger partial charge in [-0.2, -0.15) is 0 Å². The molecule has 0 spiro atoms. The molecule has 1 fully saturated rings. The third-order valence-electron chi connectivity index (χ3n) is 2.62. The lowest BCUT2D eigenvalue weighted by atomic mass is 9.80. The zero-order valence-corrected chi connectivity index (χ0v) is 8.73. The Balaban J connectivity index is 1.86. The lowest BCUT2D eigenvalue weighted by Gasteiger charge is -2.38. The fraction of sp³-hybridized carbons (Fsp3) is 0.455. The predicted molar refractivity (Wildman–Crippen MR) is 57.7 cm³/mol. The van der Waals surface area contributed by atoms with Gasteiger partial charge in [-0.1, -0.05) is 18.2 Å². The van der Waals surface area contributed by atoms with E-state index in [1.807, 2.05) is 0 Å². The van der Waals surface area contributed by atoms with Crippen LogP contribution in [0.5, 0.6) is 0 Å². The molecule has 1 aliphatic rings. The van der Waals surface area contributed by atoms with Crippen LogP contribution in [-0.2, 0) is 0 Å². The molecule has 1 saturated carbocycles. The summed E-state index contributed by atoms with van der Waals surface area (Å²) in [4.78, 5) is 1.30. The SMILES string of the molecule is CC1(NSc2ccccc2)CCC1. The zero-order valence-electron chi connectivity index (χ0n) is 7.92. The van der Waals surface area contributed by atoms with Crippen LogP contribution >= 0.6 is 11.9 Å². The van der Waals surface area contributed by atoms with Crippen molar-refractivity contribution in [3.63, 3.8) is 0 Å². The maximum Gasteiger partial charge on any atom is 0.0258 e. The molecule has 1 aliphatic carbocycles. The molecule has 0 heterocycles. The summed E-state index contributed by atoms with van der Waals surface area (Å²) in [6, 6.07) is 10.5. The van der Waals surface area contributed by atoms with Crippen molar-refractivity contribution in [2.24, 2.45) is 0 Å². The first kappa shape index (κ1) is 9.10.